The van der Waals surface area contributed by atoms with Crippen LogP contribution in [0.4, 0.5) is 0 Å². The molecule has 12 heteroatoms. The minimum atomic E-state index is -2.23. The average Bonchev–Trinajstić information content (AvgIpc) is 3.12. The zero-order chi connectivity index (χ0) is 26.7. The van der Waals surface area contributed by atoms with E-state index in [0.29, 0.717) is 6.42 Å². The van der Waals surface area contributed by atoms with Gasteiger partial charge in [-0.05, 0) is 6.42 Å². The van der Waals surface area contributed by atoms with Gasteiger partial charge in [0, 0.05) is 0 Å². The highest BCUT2D eigenvalue weighted by Crippen LogP contribution is 2.36. The molecule has 2 aliphatic heterocycles. The van der Waals surface area contributed by atoms with E-state index in [1.54, 1.807) is 0 Å². The molecule has 0 saturated carbocycles. The van der Waals surface area contributed by atoms with Crippen LogP contribution in [-0.2, 0) is 18.9 Å². The van der Waals surface area contributed by atoms with Gasteiger partial charge in [-0.2, -0.15) is 0 Å². The smallest absolute Gasteiger partial charge is 0.224 e. The van der Waals surface area contributed by atoms with Crippen LogP contribution in [0.1, 0.15) is 64.7 Å². The van der Waals surface area contributed by atoms with Crippen LogP contribution in [0.5, 0.6) is 0 Å². The Morgan fingerprint density at radius 2 is 1.42 bits per heavy atom. The normalized spacial score (nSPS) is 37.9. The van der Waals surface area contributed by atoms with E-state index in [4.69, 9.17) is 18.9 Å². The van der Waals surface area contributed by atoms with E-state index >= 15 is 0 Å². The largest absolute Gasteiger partial charge is 0.394 e. The first-order valence-corrected chi connectivity index (χ1v) is 13.1. The van der Waals surface area contributed by atoms with E-state index in [2.05, 4.69) is 6.92 Å². The molecule has 8 N–H and O–H groups in total. The molecule has 36 heavy (non-hydrogen) atoms. The summed E-state index contributed by atoms with van der Waals surface area (Å²) in [4.78, 5) is 0. The number of hydrogen-bond donors (Lipinski definition) is 8. The summed E-state index contributed by atoms with van der Waals surface area (Å²) in [5.41, 5.74) is 0. The quantitative estimate of drug-likeness (QED) is 0.102. The molecule has 0 spiro atoms. The second-order valence-electron chi connectivity index (χ2n) is 9.78. The van der Waals surface area contributed by atoms with E-state index in [9.17, 15) is 40.9 Å². The van der Waals surface area contributed by atoms with Gasteiger partial charge >= 0.3 is 0 Å². The summed E-state index contributed by atoms with van der Waals surface area (Å²) in [6.07, 6.45) is -3.34. The third-order valence-electron chi connectivity index (χ3n) is 6.92. The Bertz CT molecular complexity index is 597. The molecular formula is C24H46O12. The lowest BCUT2D eigenvalue weighted by atomic mass is 9.98. The molecule has 2 aliphatic rings. The fourth-order valence-corrected chi connectivity index (χ4v) is 4.63. The first kappa shape index (κ1) is 31.7. The molecule has 2 fully saturated rings. The molecule has 0 bridgehead atoms. The van der Waals surface area contributed by atoms with Crippen LogP contribution in [-0.4, -0.2) is 128 Å². The highest BCUT2D eigenvalue weighted by atomic mass is 16.8. The number of ether oxygens (including phenoxy) is 4. The van der Waals surface area contributed by atoms with Crippen LogP contribution in [0, 0.1) is 0 Å². The molecule has 0 aromatic rings. The fraction of sp³-hybridized carbons (Fsp3) is 1.00. The van der Waals surface area contributed by atoms with Gasteiger partial charge in [0.2, 0.25) is 5.79 Å². The van der Waals surface area contributed by atoms with Gasteiger partial charge in [0.25, 0.3) is 0 Å². The van der Waals surface area contributed by atoms with Gasteiger partial charge in [-0.1, -0.05) is 58.3 Å². The maximum absolute atomic E-state index is 10.8. The maximum Gasteiger partial charge on any atom is 0.224 e. The number of unbranched alkanes of at least 4 members (excludes halogenated alkanes) is 7. The molecule has 0 amide bonds. The summed E-state index contributed by atoms with van der Waals surface area (Å²) in [5, 5.41) is 80.8. The van der Waals surface area contributed by atoms with Crippen molar-refractivity contribution in [1.82, 2.24) is 0 Å². The minimum Gasteiger partial charge on any atom is -0.394 e. The van der Waals surface area contributed by atoms with Crippen molar-refractivity contribution in [1.29, 1.82) is 0 Å². The first-order valence-electron chi connectivity index (χ1n) is 13.1. The SMILES string of the molecule is CCCCCCCCCCC(O)CO[C@@H]1[C@@H](O)[C@@H](O[C@]2(CO)O[C@H](CO)[C@@H](O)[C@@H]2O)O[C@H](CO)[C@H]1O. The summed E-state index contributed by atoms with van der Waals surface area (Å²) >= 11 is 0. The topological polar surface area (TPSA) is 199 Å². The second-order valence-corrected chi connectivity index (χ2v) is 9.78. The zero-order valence-electron chi connectivity index (χ0n) is 21.1. The highest BCUT2D eigenvalue weighted by molar-refractivity contribution is 4.98. The van der Waals surface area contributed by atoms with Crippen LogP contribution in [0.3, 0.4) is 0 Å². The molecule has 2 rings (SSSR count). The van der Waals surface area contributed by atoms with Crippen molar-refractivity contribution < 1.29 is 59.8 Å². The van der Waals surface area contributed by atoms with Gasteiger partial charge in [0.15, 0.2) is 6.29 Å². The zero-order valence-corrected chi connectivity index (χ0v) is 21.1. The van der Waals surface area contributed by atoms with E-state index in [0.717, 1.165) is 19.3 Å². The first-order chi connectivity index (χ1) is 17.2. The molecular weight excluding hydrogens is 480 g/mol. The summed E-state index contributed by atoms with van der Waals surface area (Å²) in [5.74, 6) is -2.23. The van der Waals surface area contributed by atoms with Crippen molar-refractivity contribution in [3.8, 4) is 0 Å². The van der Waals surface area contributed by atoms with Gasteiger partial charge < -0.3 is 59.8 Å². The van der Waals surface area contributed by atoms with Gasteiger partial charge in [-0.3, -0.25) is 0 Å². The summed E-state index contributed by atoms with van der Waals surface area (Å²) in [6.45, 7) is -0.291. The van der Waals surface area contributed by atoms with Crippen molar-refractivity contribution in [3.05, 3.63) is 0 Å². The third kappa shape index (κ3) is 8.26. The van der Waals surface area contributed by atoms with Crippen molar-refractivity contribution in [2.24, 2.45) is 0 Å². The number of aliphatic hydroxyl groups excluding tert-OH is 8. The fourth-order valence-electron chi connectivity index (χ4n) is 4.63. The van der Waals surface area contributed by atoms with Crippen LogP contribution < -0.4 is 0 Å². The lowest BCUT2D eigenvalue weighted by Crippen LogP contribution is -2.63. The summed E-state index contributed by atoms with van der Waals surface area (Å²) < 4.78 is 21.9. The van der Waals surface area contributed by atoms with E-state index < -0.39 is 80.7 Å². The summed E-state index contributed by atoms with van der Waals surface area (Å²) in [6, 6.07) is 0. The van der Waals surface area contributed by atoms with Crippen LogP contribution in [0.2, 0.25) is 0 Å². The lowest BCUT2D eigenvalue weighted by Gasteiger charge is -2.44. The Morgan fingerprint density at radius 3 is 1.97 bits per heavy atom. The monoisotopic (exact) mass is 526 g/mol. The predicted octanol–water partition coefficient (Wildman–Crippen LogP) is -1.48. The van der Waals surface area contributed by atoms with Crippen molar-refractivity contribution in [2.75, 3.05) is 26.4 Å². The molecule has 2 heterocycles. The van der Waals surface area contributed by atoms with E-state index in [1.165, 1.54) is 32.1 Å². The number of rotatable bonds is 17. The Hall–Kier alpha value is -0.480. The molecule has 0 aromatic carbocycles. The Kier molecular flexibility index (Phi) is 13.9. The van der Waals surface area contributed by atoms with Crippen molar-refractivity contribution >= 4 is 0 Å². The average molecular weight is 527 g/mol. The predicted molar refractivity (Wildman–Crippen MR) is 126 cm³/mol. The van der Waals surface area contributed by atoms with E-state index in [1.807, 2.05) is 0 Å². The van der Waals surface area contributed by atoms with Crippen molar-refractivity contribution in [2.45, 2.75) is 126 Å². The van der Waals surface area contributed by atoms with Crippen LogP contribution >= 0.6 is 0 Å². The second kappa shape index (κ2) is 15.8. The molecule has 1 unspecified atom stereocenters. The minimum absolute atomic E-state index is 0.185. The van der Waals surface area contributed by atoms with Crippen LogP contribution in [0.25, 0.3) is 0 Å². The van der Waals surface area contributed by atoms with Gasteiger partial charge in [0.1, 0.15) is 49.3 Å². The van der Waals surface area contributed by atoms with Crippen LogP contribution in [0.15, 0.2) is 0 Å². The Morgan fingerprint density at radius 1 is 0.806 bits per heavy atom. The Balaban J connectivity index is 1.89. The third-order valence-corrected chi connectivity index (χ3v) is 6.92. The Labute approximate surface area is 212 Å². The van der Waals surface area contributed by atoms with Crippen molar-refractivity contribution in [3.63, 3.8) is 0 Å². The molecule has 0 aromatic heterocycles. The molecule has 0 aliphatic carbocycles. The highest BCUT2D eigenvalue weighted by Gasteiger charge is 2.58. The lowest BCUT2D eigenvalue weighted by molar-refractivity contribution is -0.386. The number of hydrogen-bond acceptors (Lipinski definition) is 12. The molecule has 12 nitrogen and oxygen atoms in total. The van der Waals surface area contributed by atoms with Gasteiger partial charge in [-0.15, -0.1) is 0 Å². The molecule has 0 radical (unpaired) electrons. The van der Waals surface area contributed by atoms with E-state index in [-0.39, 0.29) is 6.61 Å². The maximum atomic E-state index is 10.8. The van der Waals surface area contributed by atoms with Gasteiger partial charge in [-0.25, -0.2) is 0 Å². The standard InChI is InChI=1S/C24H46O12/c1-2-3-4-5-6-7-8-9-10-15(28)13-33-21-18(29)16(11-25)34-23(20(21)31)36-24(14-27)22(32)19(30)17(12-26)35-24/h15-23,25-32H,2-14H2,1H3/t15?,16-,17-,18-,19-,20-,21+,22+,23-,24+/m1/s1. The molecule has 10 atom stereocenters. The van der Waals surface area contributed by atoms with Gasteiger partial charge in [0.05, 0.1) is 25.9 Å². The molecule has 2 saturated heterocycles. The number of aliphatic hydroxyl groups is 8. The summed E-state index contributed by atoms with van der Waals surface area (Å²) in [7, 11) is 0. The molecule has 214 valence electrons.